The number of likely N-dealkylation sites (tertiary alicyclic amines) is 2. The fraction of sp³-hybridized carbons (Fsp3) is 0.944. The summed E-state index contributed by atoms with van der Waals surface area (Å²) in [6.45, 7) is 7.11. The number of piperidine rings is 1. The molecule has 5 nitrogen and oxygen atoms in total. The lowest BCUT2D eigenvalue weighted by Crippen LogP contribution is -2.57. The summed E-state index contributed by atoms with van der Waals surface area (Å²) in [6, 6.07) is 0.594. The highest BCUT2D eigenvalue weighted by Crippen LogP contribution is 2.32. The van der Waals surface area contributed by atoms with Crippen molar-refractivity contribution in [2.45, 2.75) is 56.6 Å². The van der Waals surface area contributed by atoms with E-state index in [1.165, 1.54) is 12.8 Å². The fourth-order valence-corrected chi connectivity index (χ4v) is 4.52. The highest BCUT2D eigenvalue weighted by Gasteiger charge is 2.39. The van der Waals surface area contributed by atoms with Crippen LogP contribution in [0.2, 0.25) is 0 Å². The first-order valence-electron chi connectivity index (χ1n) is 9.61. The number of carbonyl (C=O) groups is 1. The molecule has 0 aromatic rings. The van der Waals surface area contributed by atoms with E-state index in [-0.39, 0.29) is 30.4 Å². The van der Waals surface area contributed by atoms with Gasteiger partial charge in [-0.25, -0.2) is 0 Å². The first-order chi connectivity index (χ1) is 11.2. The molecule has 1 amide bonds. The van der Waals surface area contributed by atoms with E-state index >= 15 is 0 Å². The number of hydrogen-bond acceptors (Lipinski definition) is 4. The lowest BCUT2D eigenvalue weighted by molar-refractivity contribution is -0.131. The Hall–Kier alpha value is -0.0700. The van der Waals surface area contributed by atoms with E-state index in [0.29, 0.717) is 11.9 Å². The molecule has 25 heavy (non-hydrogen) atoms. The van der Waals surface area contributed by atoms with Crippen LogP contribution in [-0.4, -0.2) is 73.2 Å². The van der Waals surface area contributed by atoms with E-state index in [1.807, 2.05) is 0 Å². The molecular weight excluding hydrogens is 361 g/mol. The summed E-state index contributed by atoms with van der Waals surface area (Å²) < 4.78 is 6.10. The molecule has 4 rings (SSSR count). The molecule has 1 N–H and O–H groups in total. The molecule has 1 atom stereocenters. The number of morpholine rings is 1. The molecule has 0 aromatic heterocycles. The zero-order chi connectivity index (χ0) is 15.7. The third-order valence-corrected chi connectivity index (χ3v) is 6.31. The molecule has 7 heteroatoms. The Labute approximate surface area is 164 Å². The summed E-state index contributed by atoms with van der Waals surface area (Å²) in [7, 11) is 0. The summed E-state index contributed by atoms with van der Waals surface area (Å²) in [5.74, 6) is 1.20. The Bertz CT molecular complexity index is 432. The summed E-state index contributed by atoms with van der Waals surface area (Å²) in [4.78, 5) is 17.1. The molecule has 146 valence electrons. The van der Waals surface area contributed by atoms with E-state index in [1.54, 1.807) is 0 Å². The fourth-order valence-electron chi connectivity index (χ4n) is 4.52. The Morgan fingerprint density at radius 2 is 1.84 bits per heavy atom. The van der Waals surface area contributed by atoms with Gasteiger partial charge in [0.2, 0.25) is 5.91 Å². The highest BCUT2D eigenvalue weighted by atomic mass is 35.5. The molecule has 3 aliphatic heterocycles. The molecular formula is C18H33Cl2N3O2. The van der Waals surface area contributed by atoms with Gasteiger partial charge in [0.25, 0.3) is 0 Å². The van der Waals surface area contributed by atoms with Gasteiger partial charge in [-0.05, 0) is 44.4 Å². The SMILES string of the molecule is Cl.Cl.O=C1CCC(N2CCC3(CC2)CNCCO3)CCN1CC1CC1. The van der Waals surface area contributed by atoms with Crippen molar-refractivity contribution >= 4 is 30.7 Å². The van der Waals surface area contributed by atoms with E-state index in [2.05, 4.69) is 15.1 Å². The maximum absolute atomic E-state index is 12.3. The molecule has 0 aromatic carbocycles. The number of ether oxygens (including phenoxy) is 1. The maximum atomic E-state index is 12.3. The van der Waals surface area contributed by atoms with E-state index in [0.717, 1.165) is 83.9 Å². The molecule has 0 radical (unpaired) electrons. The summed E-state index contributed by atoms with van der Waals surface area (Å²) in [6.07, 6.45) is 7.88. The van der Waals surface area contributed by atoms with Crippen LogP contribution < -0.4 is 5.32 Å². The first-order valence-corrected chi connectivity index (χ1v) is 9.61. The van der Waals surface area contributed by atoms with Crippen LogP contribution >= 0.6 is 24.8 Å². The van der Waals surface area contributed by atoms with Crippen molar-refractivity contribution in [3.63, 3.8) is 0 Å². The topological polar surface area (TPSA) is 44.8 Å². The Morgan fingerprint density at radius 3 is 2.48 bits per heavy atom. The van der Waals surface area contributed by atoms with E-state index in [4.69, 9.17) is 4.74 Å². The number of hydrogen-bond donors (Lipinski definition) is 1. The molecule has 1 aliphatic carbocycles. The predicted molar refractivity (Wildman–Crippen MR) is 104 cm³/mol. The van der Waals surface area contributed by atoms with Gasteiger partial charge >= 0.3 is 0 Å². The second kappa shape index (κ2) is 9.23. The number of nitrogens with zero attached hydrogens (tertiary/aromatic N) is 2. The third-order valence-electron chi connectivity index (χ3n) is 6.31. The van der Waals surface area contributed by atoms with Gasteiger partial charge in [-0.15, -0.1) is 24.8 Å². The van der Waals surface area contributed by atoms with Crippen molar-refractivity contribution in [3.8, 4) is 0 Å². The molecule has 3 heterocycles. The van der Waals surface area contributed by atoms with Crippen molar-refractivity contribution in [1.29, 1.82) is 0 Å². The van der Waals surface area contributed by atoms with Crippen LogP contribution in [0, 0.1) is 5.92 Å². The predicted octanol–water partition coefficient (Wildman–Crippen LogP) is 2.08. The van der Waals surface area contributed by atoms with Crippen molar-refractivity contribution < 1.29 is 9.53 Å². The van der Waals surface area contributed by atoms with Gasteiger partial charge in [-0.3, -0.25) is 4.79 Å². The number of rotatable bonds is 3. The minimum absolute atomic E-state index is 0. The van der Waals surface area contributed by atoms with Crippen LogP contribution in [-0.2, 0) is 9.53 Å². The number of amides is 1. The van der Waals surface area contributed by atoms with Gasteiger partial charge in [0.15, 0.2) is 0 Å². The van der Waals surface area contributed by atoms with Gasteiger partial charge < -0.3 is 19.9 Å². The smallest absolute Gasteiger partial charge is 0.222 e. The number of carbonyl (C=O) groups excluding carboxylic acids is 1. The van der Waals surface area contributed by atoms with Crippen LogP contribution in [0.25, 0.3) is 0 Å². The van der Waals surface area contributed by atoms with Crippen LogP contribution in [0.15, 0.2) is 0 Å². The summed E-state index contributed by atoms with van der Waals surface area (Å²) >= 11 is 0. The lowest BCUT2D eigenvalue weighted by atomic mass is 9.88. The van der Waals surface area contributed by atoms with Crippen molar-refractivity contribution in [2.24, 2.45) is 5.92 Å². The molecule has 4 aliphatic rings. The van der Waals surface area contributed by atoms with Gasteiger partial charge in [-0.2, -0.15) is 0 Å². The minimum atomic E-state index is 0. The van der Waals surface area contributed by atoms with Crippen LogP contribution in [0.3, 0.4) is 0 Å². The normalized spacial score (nSPS) is 30.3. The van der Waals surface area contributed by atoms with E-state index in [9.17, 15) is 4.79 Å². The highest BCUT2D eigenvalue weighted by molar-refractivity contribution is 5.85. The van der Waals surface area contributed by atoms with Crippen LogP contribution in [0.1, 0.15) is 44.9 Å². The molecule has 4 fully saturated rings. The quantitative estimate of drug-likeness (QED) is 0.796. The standard InChI is InChI=1S/C18H31N3O2.2ClH/c22-17-4-3-16(5-9-21(17)13-15-1-2-15)20-10-6-18(7-11-20)14-19-8-12-23-18;;/h15-16,19H,1-14H2;2*1H. The Balaban J connectivity index is 0.00000113. The first kappa shape index (κ1) is 21.2. The lowest BCUT2D eigenvalue weighted by Gasteiger charge is -2.46. The summed E-state index contributed by atoms with van der Waals surface area (Å²) in [5, 5.41) is 3.49. The molecule has 1 spiro atoms. The average molecular weight is 394 g/mol. The average Bonchev–Trinajstić information content (AvgIpc) is 3.40. The van der Waals surface area contributed by atoms with Crippen molar-refractivity contribution in [1.82, 2.24) is 15.1 Å². The largest absolute Gasteiger partial charge is 0.372 e. The van der Waals surface area contributed by atoms with Gasteiger partial charge in [-0.1, -0.05) is 0 Å². The van der Waals surface area contributed by atoms with Crippen LogP contribution in [0.5, 0.6) is 0 Å². The molecule has 1 unspecified atom stereocenters. The Morgan fingerprint density at radius 1 is 1.08 bits per heavy atom. The third kappa shape index (κ3) is 5.23. The Kier molecular flexibility index (Phi) is 7.84. The van der Waals surface area contributed by atoms with Gasteiger partial charge in [0, 0.05) is 51.7 Å². The zero-order valence-electron chi connectivity index (χ0n) is 15.1. The zero-order valence-corrected chi connectivity index (χ0v) is 16.7. The molecule has 0 bridgehead atoms. The van der Waals surface area contributed by atoms with E-state index < -0.39 is 0 Å². The van der Waals surface area contributed by atoms with Crippen molar-refractivity contribution in [2.75, 3.05) is 45.9 Å². The number of nitrogens with one attached hydrogen (secondary N) is 1. The summed E-state index contributed by atoms with van der Waals surface area (Å²) in [5.41, 5.74) is 0.0906. The van der Waals surface area contributed by atoms with Gasteiger partial charge in [0.1, 0.15) is 0 Å². The minimum Gasteiger partial charge on any atom is -0.372 e. The monoisotopic (exact) mass is 393 g/mol. The molecule has 1 saturated carbocycles. The molecule has 3 saturated heterocycles. The van der Waals surface area contributed by atoms with Crippen LogP contribution in [0.4, 0.5) is 0 Å². The maximum Gasteiger partial charge on any atom is 0.222 e. The second-order valence-electron chi connectivity index (χ2n) is 8.01. The second-order valence-corrected chi connectivity index (χ2v) is 8.01. The van der Waals surface area contributed by atoms with Gasteiger partial charge in [0.05, 0.1) is 12.2 Å². The number of halogens is 2. The van der Waals surface area contributed by atoms with Crippen molar-refractivity contribution in [3.05, 3.63) is 0 Å².